The van der Waals surface area contributed by atoms with Gasteiger partial charge in [0.2, 0.25) is 5.82 Å². The van der Waals surface area contributed by atoms with Crippen LogP contribution in [0.4, 0.5) is 5.82 Å². The number of halogens is 1. The van der Waals surface area contributed by atoms with Crippen LogP contribution >= 0.6 is 11.6 Å². The van der Waals surface area contributed by atoms with Gasteiger partial charge >= 0.3 is 0 Å². The summed E-state index contributed by atoms with van der Waals surface area (Å²) < 4.78 is 5.57. The molecule has 2 heterocycles. The first-order valence-electron chi connectivity index (χ1n) is 9.48. The normalized spacial score (nSPS) is 19.1. The van der Waals surface area contributed by atoms with Crippen LogP contribution < -0.4 is 4.90 Å². The lowest BCUT2D eigenvalue weighted by atomic mass is 9.91. The molecule has 1 aliphatic carbocycles. The number of aromatic nitrogens is 5. The minimum Gasteiger partial charge on any atom is -0.381 e. The summed E-state index contributed by atoms with van der Waals surface area (Å²) in [6, 6.07) is 10.6. The van der Waals surface area contributed by atoms with Gasteiger partial charge in [0, 0.05) is 30.5 Å². The van der Waals surface area contributed by atoms with E-state index in [9.17, 15) is 4.79 Å². The molecule has 0 aliphatic heterocycles. The molecular weight excluding hydrogens is 392 g/mol. The van der Waals surface area contributed by atoms with E-state index in [1.54, 1.807) is 48.5 Å². The largest absolute Gasteiger partial charge is 0.381 e. The molecule has 0 spiro atoms. The van der Waals surface area contributed by atoms with Crippen molar-refractivity contribution in [3.63, 3.8) is 0 Å². The number of nitrogens with zero attached hydrogens (tertiary/aromatic N) is 5. The van der Waals surface area contributed by atoms with Gasteiger partial charge in [-0.3, -0.25) is 9.69 Å². The van der Waals surface area contributed by atoms with Gasteiger partial charge in [0.15, 0.2) is 5.82 Å². The summed E-state index contributed by atoms with van der Waals surface area (Å²) in [4.78, 5) is 19.8. The standard InChI is InChI=1S/C20H21ClN6O2/c1-29-16-8-3-7-15(12-16)27(19-17(21)9-4-10-22-19)20(28)14-6-2-5-13(11-14)18-23-25-26-24-18/h2,4-6,9-11,15-16H,3,7-8,12H2,1H3,(H,23,24,25,26)/t15-,16?/m1/s1. The Bertz CT molecular complexity index is 981. The van der Waals surface area contributed by atoms with Crippen molar-refractivity contribution in [3.8, 4) is 11.4 Å². The number of amides is 1. The quantitative estimate of drug-likeness (QED) is 0.688. The number of hydrogen-bond donors (Lipinski definition) is 1. The van der Waals surface area contributed by atoms with E-state index in [1.165, 1.54) is 0 Å². The van der Waals surface area contributed by atoms with Gasteiger partial charge in [0.05, 0.1) is 11.1 Å². The molecule has 29 heavy (non-hydrogen) atoms. The molecule has 0 bridgehead atoms. The van der Waals surface area contributed by atoms with Crippen molar-refractivity contribution in [2.45, 2.75) is 37.8 Å². The van der Waals surface area contributed by atoms with Crippen molar-refractivity contribution in [1.29, 1.82) is 0 Å². The number of tetrazole rings is 1. The smallest absolute Gasteiger partial charge is 0.259 e. The molecule has 2 atom stereocenters. The minimum atomic E-state index is -0.169. The number of pyridine rings is 1. The van der Waals surface area contributed by atoms with Crippen molar-refractivity contribution in [2.24, 2.45) is 0 Å². The Morgan fingerprint density at radius 1 is 1.28 bits per heavy atom. The Labute approximate surface area is 173 Å². The molecular formula is C20H21ClN6O2. The third kappa shape index (κ3) is 4.13. The number of aromatic amines is 1. The fourth-order valence-corrected chi connectivity index (χ4v) is 3.99. The lowest BCUT2D eigenvalue weighted by Gasteiger charge is -2.36. The number of hydrogen-bond acceptors (Lipinski definition) is 6. The van der Waals surface area contributed by atoms with Gasteiger partial charge in [-0.15, -0.1) is 10.2 Å². The Balaban J connectivity index is 1.72. The first-order valence-corrected chi connectivity index (χ1v) is 9.86. The Morgan fingerprint density at radius 2 is 2.17 bits per heavy atom. The molecule has 3 aromatic rings. The van der Waals surface area contributed by atoms with E-state index in [4.69, 9.17) is 16.3 Å². The monoisotopic (exact) mass is 412 g/mol. The molecule has 150 valence electrons. The molecule has 1 saturated carbocycles. The van der Waals surface area contributed by atoms with Crippen LogP contribution in [0.2, 0.25) is 5.02 Å². The second kappa shape index (κ2) is 8.67. The Hall–Kier alpha value is -2.84. The number of benzene rings is 1. The van der Waals surface area contributed by atoms with Crippen LogP contribution in [0.15, 0.2) is 42.6 Å². The van der Waals surface area contributed by atoms with Gasteiger partial charge in [-0.1, -0.05) is 23.7 Å². The summed E-state index contributed by atoms with van der Waals surface area (Å²) in [5, 5.41) is 14.4. The first kappa shape index (κ1) is 19.5. The molecule has 0 saturated heterocycles. The van der Waals surface area contributed by atoms with E-state index in [0.29, 0.717) is 27.8 Å². The van der Waals surface area contributed by atoms with Crippen LogP contribution in [0.1, 0.15) is 36.0 Å². The van der Waals surface area contributed by atoms with E-state index < -0.39 is 0 Å². The summed E-state index contributed by atoms with van der Waals surface area (Å²) in [6.45, 7) is 0. The predicted octanol–water partition coefficient (Wildman–Crippen LogP) is 3.52. The highest BCUT2D eigenvalue weighted by molar-refractivity contribution is 6.33. The van der Waals surface area contributed by atoms with E-state index >= 15 is 0 Å². The van der Waals surface area contributed by atoms with Crippen LogP contribution in [0.25, 0.3) is 11.4 Å². The summed E-state index contributed by atoms with van der Waals surface area (Å²) in [6.07, 6.45) is 5.31. The molecule has 0 radical (unpaired) electrons. The fourth-order valence-electron chi connectivity index (χ4n) is 3.77. The number of H-pyrrole nitrogens is 1. The molecule has 1 aromatic carbocycles. The lowest BCUT2D eigenvalue weighted by molar-refractivity contribution is 0.0611. The van der Waals surface area contributed by atoms with Crippen LogP contribution in [-0.2, 0) is 4.74 Å². The number of anilines is 1. The number of carbonyl (C=O) groups excluding carboxylic acids is 1. The topological polar surface area (TPSA) is 96.9 Å². The molecule has 1 aliphatic rings. The van der Waals surface area contributed by atoms with Gasteiger partial charge < -0.3 is 4.74 Å². The van der Waals surface area contributed by atoms with Gasteiger partial charge in [-0.25, -0.2) is 4.98 Å². The highest BCUT2D eigenvalue weighted by Crippen LogP contribution is 2.33. The summed E-state index contributed by atoms with van der Waals surface area (Å²) in [5.41, 5.74) is 1.21. The van der Waals surface area contributed by atoms with Gasteiger partial charge in [-0.05, 0) is 55.2 Å². The number of carbonyl (C=O) groups is 1. The maximum Gasteiger partial charge on any atom is 0.259 e. The van der Waals surface area contributed by atoms with Crippen LogP contribution in [0.5, 0.6) is 0 Å². The van der Waals surface area contributed by atoms with Crippen molar-refractivity contribution >= 4 is 23.3 Å². The summed E-state index contributed by atoms with van der Waals surface area (Å²) in [5.74, 6) is 0.725. The predicted molar refractivity (Wildman–Crippen MR) is 109 cm³/mol. The van der Waals surface area contributed by atoms with Gasteiger partial charge in [0.25, 0.3) is 5.91 Å². The fraction of sp³-hybridized carbons (Fsp3) is 0.350. The highest BCUT2D eigenvalue weighted by Gasteiger charge is 2.33. The number of nitrogens with one attached hydrogen (secondary N) is 1. The third-order valence-corrected chi connectivity index (χ3v) is 5.49. The number of methoxy groups -OCH3 is 1. The molecule has 2 aromatic heterocycles. The molecule has 8 nitrogen and oxygen atoms in total. The van der Waals surface area contributed by atoms with Crippen molar-refractivity contribution in [1.82, 2.24) is 25.6 Å². The average Bonchev–Trinajstić information content (AvgIpc) is 3.30. The molecule has 1 amide bonds. The maximum atomic E-state index is 13.6. The zero-order valence-corrected chi connectivity index (χ0v) is 16.7. The van der Waals surface area contributed by atoms with E-state index in [2.05, 4.69) is 25.6 Å². The van der Waals surface area contributed by atoms with Crippen molar-refractivity contribution < 1.29 is 9.53 Å². The van der Waals surface area contributed by atoms with Crippen LogP contribution in [0.3, 0.4) is 0 Å². The summed E-state index contributed by atoms with van der Waals surface area (Å²) >= 11 is 6.43. The highest BCUT2D eigenvalue weighted by atomic mass is 35.5. The number of ether oxygens (including phenoxy) is 1. The SMILES string of the molecule is COC1CCC[C@@H](N(C(=O)c2cccc(-c3nn[nH]n3)c2)c2ncccc2Cl)C1. The molecule has 9 heteroatoms. The van der Waals surface area contributed by atoms with Crippen LogP contribution in [-0.4, -0.2) is 50.8 Å². The molecule has 1 unspecified atom stereocenters. The van der Waals surface area contributed by atoms with Gasteiger partial charge in [0.1, 0.15) is 0 Å². The summed E-state index contributed by atoms with van der Waals surface area (Å²) in [7, 11) is 1.71. The lowest BCUT2D eigenvalue weighted by Crippen LogP contribution is -2.45. The molecule has 1 N–H and O–H groups in total. The van der Waals surface area contributed by atoms with Crippen molar-refractivity contribution in [3.05, 3.63) is 53.2 Å². The molecule has 1 fully saturated rings. The molecule has 4 rings (SSSR count). The Kier molecular flexibility index (Phi) is 5.82. The maximum absolute atomic E-state index is 13.6. The third-order valence-electron chi connectivity index (χ3n) is 5.20. The Morgan fingerprint density at radius 3 is 2.93 bits per heavy atom. The van der Waals surface area contributed by atoms with E-state index in [0.717, 1.165) is 25.7 Å². The first-order chi connectivity index (χ1) is 14.2. The second-order valence-electron chi connectivity index (χ2n) is 6.98. The van der Waals surface area contributed by atoms with Crippen LogP contribution in [0, 0.1) is 0 Å². The minimum absolute atomic E-state index is 0.0533. The second-order valence-corrected chi connectivity index (χ2v) is 7.39. The van der Waals surface area contributed by atoms with Gasteiger partial charge in [-0.2, -0.15) is 5.21 Å². The average molecular weight is 413 g/mol. The number of rotatable bonds is 5. The van der Waals surface area contributed by atoms with Crippen molar-refractivity contribution in [2.75, 3.05) is 12.0 Å². The zero-order chi connectivity index (χ0) is 20.2. The van der Waals surface area contributed by atoms with E-state index in [-0.39, 0.29) is 18.1 Å². The van der Waals surface area contributed by atoms with E-state index in [1.807, 2.05) is 6.07 Å². The zero-order valence-electron chi connectivity index (χ0n) is 16.0.